The Labute approximate surface area is 118 Å². The average molecular weight is 283 g/mol. The first-order valence-corrected chi connectivity index (χ1v) is 7.04. The van der Waals surface area contributed by atoms with Crippen LogP contribution in [0.25, 0.3) is 0 Å². The van der Waals surface area contributed by atoms with Gasteiger partial charge in [-0.2, -0.15) is 0 Å². The smallest absolute Gasteiger partial charge is 0.227 e. The highest BCUT2D eigenvalue weighted by Crippen LogP contribution is 2.30. The van der Waals surface area contributed by atoms with Gasteiger partial charge >= 0.3 is 0 Å². The zero-order valence-corrected chi connectivity index (χ0v) is 11.8. The second-order valence-electron chi connectivity index (χ2n) is 4.86. The Morgan fingerprint density at radius 1 is 1.53 bits per heavy atom. The number of hydrogen-bond acceptors (Lipinski definition) is 3. The van der Waals surface area contributed by atoms with Crippen molar-refractivity contribution in [1.82, 2.24) is 0 Å². The predicted octanol–water partition coefficient (Wildman–Crippen LogP) is 2.13. The third-order valence-corrected chi connectivity index (χ3v) is 3.58. The molecule has 0 bridgehead atoms. The molecule has 1 fully saturated rings. The molecule has 1 aliphatic rings. The lowest BCUT2D eigenvalue weighted by Gasteiger charge is -2.21. The SMILES string of the molecule is Cc1ccc(N2CCCC2=O)c(NCC(O)CCl)c1. The molecule has 0 spiro atoms. The van der Waals surface area contributed by atoms with E-state index >= 15 is 0 Å². The number of hydrogen-bond donors (Lipinski definition) is 2. The summed E-state index contributed by atoms with van der Waals surface area (Å²) in [4.78, 5) is 13.6. The van der Waals surface area contributed by atoms with E-state index in [1.165, 1.54) is 0 Å². The Morgan fingerprint density at radius 2 is 2.32 bits per heavy atom. The summed E-state index contributed by atoms with van der Waals surface area (Å²) in [6.45, 7) is 3.13. The van der Waals surface area contributed by atoms with E-state index in [4.69, 9.17) is 11.6 Å². The number of rotatable bonds is 5. The molecule has 0 saturated carbocycles. The number of nitrogens with one attached hydrogen (secondary N) is 1. The van der Waals surface area contributed by atoms with Crippen molar-refractivity contribution >= 4 is 28.9 Å². The molecule has 0 aromatic heterocycles. The molecule has 1 unspecified atom stereocenters. The Morgan fingerprint density at radius 3 is 2.95 bits per heavy atom. The minimum atomic E-state index is -0.593. The fourth-order valence-corrected chi connectivity index (χ4v) is 2.32. The van der Waals surface area contributed by atoms with Crippen molar-refractivity contribution < 1.29 is 9.90 Å². The van der Waals surface area contributed by atoms with Gasteiger partial charge in [0.25, 0.3) is 0 Å². The van der Waals surface area contributed by atoms with Crippen LogP contribution in [0.1, 0.15) is 18.4 Å². The van der Waals surface area contributed by atoms with Crippen LogP contribution in [0.15, 0.2) is 18.2 Å². The van der Waals surface area contributed by atoms with Gasteiger partial charge in [0.1, 0.15) is 0 Å². The first-order valence-electron chi connectivity index (χ1n) is 6.50. The molecule has 19 heavy (non-hydrogen) atoms. The molecule has 2 rings (SSSR count). The molecule has 1 aliphatic heterocycles. The lowest BCUT2D eigenvalue weighted by atomic mass is 10.1. The van der Waals surface area contributed by atoms with Gasteiger partial charge in [0, 0.05) is 19.5 Å². The van der Waals surface area contributed by atoms with Crippen molar-refractivity contribution in [2.75, 3.05) is 29.2 Å². The summed E-state index contributed by atoms with van der Waals surface area (Å²) >= 11 is 5.59. The number of nitrogens with zero attached hydrogens (tertiary/aromatic N) is 1. The number of aryl methyl sites for hydroxylation is 1. The molecule has 4 nitrogen and oxygen atoms in total. The van der Waals surface area contributed by atoms with Crippen LogP contribution in [0.3, 0.4) is 0 Å². The van der Waals surface area contributed by atoms with Crippen LogP contribution >= 0.6 is 11.6 Å². The molecule has 0 radical (unpaired) electrons. The van der Waals surface area contributed by atoms with E-state index in [1.807, 2.05) is 25.1 Å². The molecule has 1 atom stereocenters. The van der Waals surface area contributed by atoms with Gasteiger partial charge < -0.3 is 15.3 Å². The fraction of sp³-hybridized carbons (Fsp3) is 0.500. The topological polar surface area (TPSA) is 52.6 Å². The van der Waals surface area contributed by atoms with E-state index < -0.39 is 6.10 Å². The monoisotopic (exact) mass is 282 g/mol. The summed E-state index contributed by atoms with van der Waals surface area (Å²) in [6.07, 6.45) is 0.915. The highest BCUT2D eigenvalue weighted by atomic mass is 35.5. The number of alkyl halides is 1. The number of carbonyl (C=O) groups is 1. The first kappa shape index (κ1) is 14.2. The molecule has 0 aliphatic carbocycles. The van der Waals surface area contributed by atoms with Gasteiger partial charge in [0.15, 0.2) is 0 Å². The van der Waals surface area contributed by atoms with E-state index in [9.17, 15) is 9.90 Å². The summed E-state index contributed by atoms with van der Waals surface area (Å²) < 4.78 is 0. The van der Waals surface area contributed by atoms with Gasteiger partial charge in [-0.25, -0.2) is 0 Å². The number of benzene rings is 1. The Balaban J connectivity index is 2.20. The van der Waals surface area contributed by atoms with Gasteiger partial charge in [-0.15, -0.1) is 11.6 Å². The number of anilines is 2. The highest BCUT2D eigenvalue weighted by Gasteiger charge is 2.23. The second-order valence-corrected chi connectivity index (χ2v) is 5.17. The van der Waals surface area contributed by atoms with E-state index in [0.29, 0.717) is 13.0 Å². The number of carbonyl (C=O) groups excluding carboxylic acids is 1. The maximum Gasteiger partial charge on any atom is 0.227 e. The van der Waals surface area contributed by atoms with Crippen LogP contribution in [0.2, 0.25) is 0 Å². The third-order valence-electron chi connectivity index (χ3n) is 3.22. The maximum absolute atomic E-state index is 11.8. The summed E-state index contributed by atoms with van der Waals surface area (Å²) in [5.74, 6) is 0.348. The quantitative estimate of drug-likeness (QED) is 0.814. The van der Waals surface area contributed by atoms with Crippen molar-refractivity contribution in [2.24, 2.45) is 0 Å². The van der Waals surface area contributed by atoms with Crippen molar-refractivity contribution in [3.05, 3.63) is 23.8 Å². The second kappa shape index (κ2) is 6.26. The molecule has 1 heterocycles. The minimum absolute atomic E-state index is 0.157. The predicted molar refractivity (Wildman–Crippen MR) is 78.0 cm³/mol. The van der Waals surface area contributed by atoms with Crippen LogP contribution in [0.5, 0.6) is 0 Å². The number of amides is 1. The lowest BCUT2D eigenvalue weighted by molar-refractivity contribution is -0.117. The zero-order chi connectivity index (χ0) is 13.8. The van der Waals surface area contributed by atoms with Crippen LogP contribution in [-0.2, 0) is 4.79 Å². The average Bonchev–Trinajstić information content (AvgIpc) is 2.82. The van der Waals surface area contributed by atoms with E-state index in [2.05, 4.69) is 5.32 Å². The molecule has 1 aromatic carbocycles. The summed E-state index contributed by atoms with van der Waals surface area (Å²) in [5.41, 5.74) is 2.87. The molecule has 1 aromatic rings. The van der Waals surface area contributed by atoms with Crippen molar-refractivity contribution in [3.63, 3.8) is 0 Å². The Kier molecular flexibility index (Phi) is 4.66. The number of aliphatic hydroxyl groups is 1. The van der Waals surface area contributed by atoms with Crippen molar-refractivity contribution in [2.45, 2.75) is 25.9 Å². The number of aliphatic hydroxyl groups excluding tert-OH is 1. The van der Waals surface area contributed by atoms with Gasteiger partial charge in [0.05, 0.1) is 23.4 Å². The summed E-state index contributed by atoms with van der Waals surface area (Å²) in [5, 5.41) is 12.7. The molecule has 1 saturated heterocycles. The van der Waals surface area contributed by atoms with E-state index in [0.717, 1.165) is 29.9 Å². The molecule has 104 valence electrons. The van der Waals surface area contributed by atoms with Crippen LogP contribution < -0.4 is 10.2 Å². The van der Waals surface area contributed by atoms with Gasteiger partial charge in [-0.1, -0.05) is 6.07 Å². The van der Waals surface area contributed by atoms with Crippen LogP contribution in [-0.4, -0.2) is 36.1 Å². The standard InChI is InChI=1S/C14H19ClN2O2/c1-10-4-5-13(17-6-2-3-14(17)19)12(7-10)16-9-11(18)8-15/h4-5,7,11,16,18H,2-3,6,8-9H2,1H3. The Bertz CT molecular complexity index is 465. The largest absolute Gasteiger partial charge is 0.390 e. The van der Waals surface area contributed by atoms with E-state index in [-0.39, 0.29) is 11.8 Å². The van der Waals surface area contributed by atoms with Crippen LogP contribution in [0, 0.1) is 6.92 Å². The molecular weight excluding hydrogens is 264 g/mol. The minimum Gasteiger partial charge on any atom is -0.390 e. The maximum atomic E-state index is 11.8. The normalized spacial score (nSPS) is 16.8. The lowest BCUT2D eigenvalue weighted by Crippen LogP contribution is -2.26. The third kappa shape index (κ3) is 3.39. The molecule has 1 amide bonds. The summed E-state index contributed by atoms with van der Waals surface area (Å²) in [7, 11) is 0. The zero-order valence-electron chi connectivity index (χ0n) is 11.0. The van der Waals surface area contributed by atoms with Gasteiger partial charge in [0.2, 0.25) is 5.91 Å². The summed E-state index contributed by atoms with van der Waals surface area (Å²) in [6, 6.07) is 5.93. The highest BCUT2D eigenvalue weighted by molar-refractivity contribution is 6.18. The fourth-order valence-electron chi connectivity index (χ4n) is 2.21. The molecular formula is C14H19ClN2O2. The number of halogens is 1. The van der Waals surface area contributed by atoms with Gasteiger partial charge in [-0.3, -0.25) is 4.79 Å². The van der Waals surface area contributed by atoms with Crippen molar-refractivity contribution in [3.8, 4) is 0 Å². The molecule has 2 N–H and O–H groups in total. The van der Waals surface area contributed by atoms with E-state index in [1.54, 1.807) is 4.90 Å². The molecule has 5 heteroatoms. The van der Waals surface area contributed by atoms with Crippen molar-refractivity contribution in [1.29, 1.82) is 0 Å². The van der Waals surface area contributed by atoms with Crippen LogP contribution in [0.4, 0.5) is 11.4 Å². The van der Waals surface area contributed by atoms with Gasteiger partial charge in [-0.05, 0) is 31.0 Å². The Hall–Kier alpha value is -1.26. The first-order chi connectivity index (χ1) is 9.11.